The molecule has 0 radical (unpaired) electrons. The molecule has 0 heterocycles. The van der Waals surface area contributed by atoms with Crippen LogP contribution in [0.5, 0.6) is 0 Å². The first-order valence-electron chi connectivity index (χ1n) is 5.07. The fraction of sp³-hybridized carbons (Fsp3) is 0.667. The second-order valence-corrected chi connectivity index (χ2v) is 3.30. The maximum absolute atomic E-state index is 11.2. The van der Waals surface area contributed by atoms with E-state index in [1.807, 2.05) is 0 Å². The molecule has 0 aliphatic carbocycles. The Labute approximate surface area is 97.8 Å². The van der Waals surface area contributed by atoms with Crippen LogP contribution in [0.25, 0.3) is 0 Å². The van der Waals surface area contributed by atoms with Gasteiger partial charge in [-0.05, 0) is 0 Å². The number of hydroxylamine groups is 2. The van der Waals surface area contributed by atoms with Gasteiger partial charge >= 0.3 is 11.9 Å². The molecule has 0 rings (SSSR count). The zero-order chi connectivity index (χ0) is 13.3. The standard InChI is InChI=1S/C9H16N2O6/c12-7(11(17)6-3-9(15)16)1-4-10-5-2-8(13)14/h10,17H,1-6H2,(H,13,14)(H,15,16). The minimum Gasteiger partial charge on any atom is -0.481 e. The summed E-state index contributed by atoms with van der Waals surface area (Å²) in [7, 11) is 0. The first-order valence-corrected chi connectivity index (χ1v) is 5.07. The van der Waals surface area contributed by atoms with Gasteiger partial charge in [-0.15, -0.1) is 0 Å². The highest BCUT2D eigenvalue weighted by molar-refractivity contribution is 5.76. The molecular formula is C9H16N2O6. The fourth-order valence-corrected chi connectivity index (χ4v) is 0.971. The van der Waals surface area contributed by atoms with E-state index in [4.69, 9.17) is 15.4 Å². The Bertz CT molecular complexity index is 281. The summed E-state index contributed by atoms with van der Waals surface area (Å²) in [6.07, 6.45) is -0.388. The van der Waals surface area contributed by atoms with Crippen LogP contribution in [0.15, 0.2) is 0 Å². The number of hydrogen-bond acceptors (Lipinski definition) is 5. The lowest BCUT2D eigenvalue weighted by Gasteiger charge is -2.13. The molecule has 0 fully saturated rings. The molecule has 0 atom stereocenters. The smallest absolute Gasteiger partial charge is 0.305 e. The monoisotopic (exact) mass is 248 g/mol. The Morgan fingerprint density at radius 1 is 0.941 bits per heavy atom. The van der Waals surface area contributed by atoms with Gasteiger partial charge in [-0.2, -0.15) is 0 Å². The second-order valence-electron chi connectivity index (χ2n) is 3.30. The van der Waals surface area contributed by atoms with E-state index in [2.05, 4.69) is 5.32 Å². The summed E-state index contributed by atoms with van der Waals surface area (Å²) in [6.45, 7) is 0.211. The zero-order valence-corrected chi connectivity index (χ0v) is 9.26. The van der Waals surface area contributed by atoms with Crippen molar-refractivity contribution in [1.29, 1.82) is 0 Å². The first-order chi connectivity index (χ1) is 7.93. The predicted octanol–water partition coefficient (Wildman–Crippen LogP) is -0.867. The molecule has 0 aromatic rings. The van der Waals surface area contributed by atoms with E-state index in [9.17, 15) is 14.4 Å². The number of aliphatic carboxylic acids is 2. The Balaban J connectivity index is 3.57. The molecule has 0 saturated heterocycles. The maximum atomic E-state index is 11.2. The van der Waals surface area contributed by atoms with Crippen LogP contribution in [-0.4, -0.2) is 58.0 Å². The van der Waals surface area contributed by atoms with Crippen LogP contribution in [-0.2, 0) is 14.4 Å². The van der Waals surface area contributed by atoms with E-state index in [1.54, 1.807) is 0 Å². The lowest BCUT2D eigenvalue weighted by atomic mass is 10.3. The van der Waals surface area contributed by atoms with Crippen molar-refractivity contribution in [3.63, 3.8) is 0 Å². The van der Waals surface area contributed by atoms with E-state index in [-0.39, 0.29) is 38.9 Å². The van der Waals surface area contributed by atoms with Gasteiger partial charge in [-0.1, -0.05) is 0 Å². The minimum absolute atomic E-state index is 0.0181. The molecular weight excluding hydrogens is 232 g/mol. The number of nitrogens with zero attached hydrogens (tertiary/aromatic N) is 1. The van der Waals surface area contributed by atoms with Gasteiger partial charge in [0.2, 0.25) is 5.91 Å². The van der Waals surface area contributed by atoms with E-state index in [1.165, 1.54) is 0 Å². The molecule has 0 bridgehead atoms. The van der Waals surface area contributed by atoms with Crippen molar-refractivity contribution in [3.8, 4) is 0 Å². The number of carbonyl (C=O) groups is 3. The summed E-state index contributed by atoms with van der Waals surface area (Å²) in [5.74, 6) is -2.64. The van der Waals surface area contributed by atoms with E-state index in [0.29, 0.717) is 5.06 Å². The Hall–Kier alpha value is -1.67. The van der Waals surface area contributed by atoms with Gasteiger partial charge in [0.1, 0.15) is 0 Å². The number of carboxylic acid groups (broad SMARTS) is 2. The number of rotatable bonds is 9. The molecule has 0 spiro atoms. The Morgan fingerprint density at radius 2 is 1.47 bits per heavy atom. The van der Waals surface area contributed by atoms with Gasteiger partial charge in [0.25, 0.3) is 0 Å². The molecule has 0 aliphatic heterocycles. The van der Waals surface area contributed by atoms with Gasteiger partial charge in [-0.25, -0.2) is 5.06 Å². The predicted molar refractivity (Wildman–Crippen MR) is 55.5 cm³/mol. The number of hydrogen-bond donors (Lipinski definition) is 4. The minimum atomic E-state index is -1.10. The van der Waals surface area contributed by atoms with Crippen LogP contribution in [0, 0.1) is 0 Å². The first kappa shape index (κ1) is 15.3. The molecule has 0 aliphatic rings. The molecule has 0 saturated carbocycles. The summed E-state index contributed by atoms with van der Waals surface area (Å²) in [5, 5.41) is 28.8. The number of amides is 1. The lowest BCUT2D eigenvalue weighted by Crippen LogP contribution is -2.32. The largest absolute Gasteiger partial charge is 0.481 e. The van der Waals surface area contributed by atoms with E-state index in [0.717, 1.165) is 0 Å². The summed E-state index contributed by atoms with van der Waals surface area (Å²) < 4.78 is 0. The summed E-state index contributed by atoms with van der Waals surface area (Å²) in [4.78, 5) is 31.5. The van der Waals surface area contributed by atoms with Crippen LogP contribution in [0.1, 0.15) is 19.3 Å². The van der Waals surface area contributed by atoms with Crippen LogP contribution in [0.3, 0.4) is 0 Å². The SMILES string of the molecule is O=C(O)CCNCCC(=O)N(O)CCC(=O)O. The summed E-state index contributed by atoms with van der Waals surface area (Å²) in [5.41, 5.74) is 0. The Morgan fingerprint density at radius 3 is 2.00 bits per heavy atom. The van der Waals surface area contributed by atoms with Gasteiger partial charge in [-0.3, -0.25) is 19.6 Å². The third-order valence-electron chi connectivity index (χ3n) is 1.86. The number of carbonyl (C=O) groups excluding carboxylic acids is 1. The van der Waals surface area contributed by atoms with Crippen molar-refractivity contribution >= 4 is 17.8 Å². The van der Waals surface area contributed by atoms with Crippen molar-refractivity contribution in [1.82, 2.24) is 10.4 Å². The van der Waals surface area contributed by atoms with Crippen LogP contribution in [0.4, 0.5) is 0 Å². The molecule has 1 amide bonds. The molecule has 0 aromatic heterocycles. The number of nitrogens with one attached hydrogen (secondary N) is 1. The van der Waals surface area contributed by atoms with Gasteiger partial charge in [0.15, 0.2) is 0 Å². The fourth-order valence-electron chi connectivity index (χ4n) is 0.971. The van der Waals surface area contributed by atoms with Crippen molar-refractivity contribution in [2.75, 3.05) is 19.6 Å². The number of carboxylic acids is 2. The van der Waals surface area contributed by atoms with Gasteiger partial charge < -0.3 is 15.5 Å². The van der Waals surface area contributed by atoms with E-state index >= 15 is 0 Å². The van der Waals surface area contributed by atoms with Crippen molar-refractivity contribution < 1.29 is 29.8 Å². The average Bonchev–Trinajstić information content (AvgIpc) is 2.24. The quantitative estimate of drug-likeness (QED) is 0.237. The Kier molecular flexibility index (Phi) is 7.65. The van der Waals surface area contributed by atoms with Crippen molar-refractivity contribution in [2.24, 2.45) is 0 Å². The maximum Gasteiger partial charge on any atom is 0.305 e. The highest BCUT2D eigenvalue weighted by Gasteiger charge is 2.11. The molecule has 0 unspecified atom stereocenters. The van der Waals surface area contributed by atoms with Crippen LogP contribution in [0.2, 0.25) is 0 Å². The van der Waals surface area contributed by atoms with E-state index < -0.39 is 17.8 Å². The average molecular weight is 248 g/mol. The van der Waals surface area contributed by atoms with Crippen LogP contribution < -0.4 is 5.32 Å². The molecule has 0 aromatic carbocycles. The third kappa shape index (κ3) is 9.27. The molecule has 8 nitrogen and oxygen atoms in total. The van der Waals surface area contributed by atoms with Crippen molar-refractivity contribution in [2.45, 2.75) is 19.3 Å². The van der Waals surface area contributed by atoms with Crippen LogP contribution >= 0.6 is 0 Å². The normalized spacial score (nSPS) is 9.94. The highest BCUT2D eigenvalue weighted by Crippen LogP contribution is 1.92. The third-order valence-corrected chi connectivity index (χ3v) is 1.86. The van der Waals surface area contributed by atoms with Gasteiger partial charge in [0.05, 0.1) is 19.4 Å². The summed E-state index contributed by atoms with van der Waals surface area (Å²) in [6, 6.07) is 0. The van der Waals surface area contributed by atoms with Gasteiger partial charge in [0, 0.05) is 19.5 Å². The zero-order valence-electron chi connectivity index (χ0n) is 9.26. The molecule has 4 N–H and O–H groups in total. The summed E-state index contributed by atoms with van der Waals surface area (Å²) >= 11 is 0. The molecule has 8 heteroatoms. The van der Waals surface area contributed by atoms with Crippen molar-refractivity contribution in [3.05, 3.63) is 0 Å². The lowest BCUT2D eigenvalue weighted by molar-refractivity contribution is -0.167. The second kappa shape index (κ2) is 8.48. The molecule has 98 valence electrons. The topological polar surface area (TPSA) is 127 Å². The molecule has 17 heavy (non-hydrogen) atoms. The highest BCUT2D eigenvalue weighted by atomic mass is 16.5.